The first-order valence-corrected chi connectivity index (χ1v) is 7.93. The molecule has 0 radical (unpaired) electrons. The molecule has 24 heavy (non-hydrogen) atoms. The van der Waals surface area contributed by atoms with Crippen molar-refractivity contribution in [2.75, 3.05) is 0 Å². The summed E-state index contributed by atoms with van der Waals surface area (Å²) in [6, 6.07) is 8.25. The van der Waals surface area contributed by atoms with Crippen molar-refractivity contribution in [2.24, 2.45) is 5.92 Å². The molecule has 126 valence electrons. The maximum Gasteiger partial charge on any atom is 0.269 e. The lowest BCUT2D eigenvalue weighted by atomic mass is 10.1. The van der Waals surface area contributed by atoms with Crippen molar-refractivity contribution in [3.8, 4) is 0 Å². The van der Waals surface area contributed by atoms with Gasteiger partial charge in [0.05, 0.1) is 17.2 Å². The molecule has 0 saturated heterocycles. The quantitative estimate of drug-likeness (QED) is 0.648. The molecule has 1 amide bonds. The van der Waals surface area contributed by atoms with E-state index in [4.69, 9.17) is 4.52 Å². The van der Waals surface area contributed by atoms with Gasteiger partial charge in [-0.2, -0.15) is 0 Å². The monoisotopic (exact) mass is 329 g/mol. The highest BCUT2D eigenvalue weighted by Gasteiger charge is 2.43. The standard InChI is InChI=1S/C17H19N3O4/c1-10(2)16-7-13(24-19-16)9-18-17(21)15-8-14(15)11-3-5-12(6-4-11)20(22)23/h3-7,10,14-15H,8-9H2,1-2H3,(H,18,21)/t14-,15+/m0/s1. The molecule has 1 N–H and O–H groups in total. The average Bonchev–Trinajstić information content (AvgIpc) is 3.22. The van der Waals surface area contributed by atoms with Crippen molar-refractivity contribution >= 4 is 11.6 Å². The summed E-state index contributed by atoms with van der Waals surface area (Å²) in [6.07, 6.45) is 0.761. The van der Waals surface area contributed by atoms with E-state index in [0.29, 0.717) is 12.3 Å². The minimum atomic E-state index is -0.427. The van der Waals surface area contributed by atoms with Crippen LogP contribution in [0.15, 0.2) is 34.9 Å². The number of non-ortho nitro benzene ring substituents is 1. The third kappa shape index (κ3) is 3.45. The zero-order valence-corrected chi connectivity index (χ0v) is 13.6. The first kappa shape index (κ1) is 16.2. The number of amides is 1. The van der Waals surface area contributed by atoms with Gasteiger partial charge in [-0.15, -0.1) is 0 Å². The zero-order valence-electron chi connectivity index (χ0n) is 13.6. The van der Waals surface area contributed by atoms with Crippen LogP contribution in [0.5, 0.6) is 0 Å². The van der Waals surface area contributed by atoms with E-state index in [1.54, 1.807) is 12.1 Å². The summed E-state index contributed by atoms with van der Waals surface area (Å²) in [4.78, 5) is 22.4. The molecule has 1 aromatic carbocycles. The molecule has 1 heterocycles. The number of nitrogens with zero attached hydrogens (tertiary/aromatic N) is 2. The maximum atomic E-state index is 12.2. The van der Waals surface area contributed by atoms with Gasteiger partial charge < -0.3 is 9.84 Å². The van der Waals surface area contributed by atoms with Gasteiger partial charge in [-0.25, -0.2) is 0 Å². The topological polar surface area (TPSA) is 98.3 Å². The van der Waals surface area contributed by atoms with E-state index in [9.17, 15) is 14.9 Å². The van der Waals surface area contributed by atoms with E-state index in [0.717, 1.165) is 17.7 Å². The molecule has 2 atom stereocenters. The Labute approximate surface area is 139 Å². The minimum absolute atomic E-state index is 0.0270. The lowest BCUT2D eigenvalue weighted by molar-refractivity contribution is -0.384. The number of carbonyl (C=O) groups excluding carboxylic acids is 1. The number of carbonyl (C=O) groups is 1. The molecule has 0 unspecified atom stereocenters. The van der Waals surface area contributed by atoms with Gasteiger partial charge in [0.25, 0.3) is 5.69 Å². The van der Waals surface area contributed by atoms with Crippen LogP contribution in [0.1, 0.15) is 49.1 Å². The van der Waals surface area contributed by atoms with E-state index in [2.05, 4.69) is 10.5 Å². The minimum Gasteiger partial charge on any atom is -0.359 e. The summed E-state index contributed by atoms with van der Waals surface area (Å²) in [5.74, 6) is 0.944. The lowest BCUT2D eigenvalue weighted by Crippen LogP contribution is -2.24. The predicted octanol–water partition coefficient (Wildman–Crippen LogP) is 3.13. The van der Waals surface area contributed by atoms with Crippen LogP contribution in [0.2, 0.25) is 0 Å². The van der Waals surface area contributed by atoms with Gasteiger partial charge >= 0.3 is 0 Å². The largest absolute Gasteiger partial charge is 0.359 e. The molecular weight excluding hydrogens is 310 g/mol. The van der Waals surface area contributed by atoms with Crippen molar-refractivity contribution in [3.63, 3.8) is 0 Å². The van der Waals surface area contributed by atoms with Crippen LogP contribution in [0.25, 0.3) is 0 Å². The van der Waals surface area contributed by atoms with Crippen LogP contribution in [-0.2, 0) is 11.3 Å². The molecule has 7 nitrogen and oxygen atoms in total. The normalized spacial score (nSPS) is 19.3. The van der Waals surface area contributed by atoms with Gasteiger partial charge in [-0.1, -0.05) is 31.1 Å². The van der Waals surface area contributed by atoms with Crippen molar-refractivity contribution < 1.29 is 14.2 Å². The Bertz CT molecular complexity index is 751. The Hall–Kier alpha value is -2.70. The fourth-order valence-corrected chi connectivity index (χ4v) is 2.69. The number of nitrogens with one attached hydrogen (secondary N) is 1. The van der Waals surface area contributed by atoms with Gasteiger partial charge in [0.1, 0.15) is 0 Å². The number of hydrogen-bond acceptors (Lipinski definition) is 5. The number of benzene rings is 1. The third-order valence-electron chi connectivity index (χ3n) is 4.26. The summed E-state index contributed by atoms with van der Waals surface area (Å²) >= 11 is 0. The number of hydrogen-bond donors (Lipinski definition) is 1. The van der Waals surface area contributed by atoms with E-state index in [-0.39, 0.29) is 29.3 Å². The molecule has 2 aromatic rings. The van der Waals surface area contributed by atoms with Crippen LogP contribution in [0, 0.1) is 16.0 Å². The fraction of sp³-hybridized carbons (Fsp3) is 0.412. The van der Waals surface area contributed by atoms with E-state index >= 15 is 0 Å². The predicted molar refractivity (Wildman–Crippen MR) is 86.4 cm³/mol. The molecule has 1 fully saturated rings. The molecule has 1 saturated carbocycles. The second-order valence-electron chi connectivity index (χ2n) is 6.39. The highest BCUT2D eigenvalue weighted by atomic mass is 16.6. The van der Waals surface area contributed by atoms with Gasteiger partial charge in [-0.3, -0.25) is 14.9 Å². The van der Waals surface area contributed by atoms with Crippen molar-refractivity contribution in [3.05, 3.63) is 57.5 Å². The van der Waals surface area contributed by atoms with E-state index in [1.165, 1.54) is 12.1 Å². The van der Waals surface area contributed by atoms with E-state index < -0.39 is 4.92 Å². The molecule has 7 heteroatoms. The second kappa shape index (κ2) is 6.43. The summed E-state index contributed by atoms with van der Waals surface area (Å²) in [7, 11) is 0. The second-order valence-corrected chi connectivity index (χ2v) is 6.39. The Morgan fingerprint density at radius 3 is 2.71 bits per heavy atom. The van der Waals surface area contributed by atoms with Gasteiger partial charge in [0.15, 0.2) is 5.76 Å². The van der Waals surface area contributed by atoms with Crippen molar-refractivity contribution in [2.45, 2.75) is 38.6 Å². The molecular formula is C17H19N3O4. The van der Waals surface area contributed by atoms with Crippen LogP contribution < -0.4 is 5.32 Å². The lowest BCUT2D eigenvalue weighted by Gasteiger charge is -2.03. The molecule has 1 aliphatic carbocycles. The Kier molecular flexibility index (Phi) is 4.33. The summed E-state index contributed by atoms with van der Waals surface area (Å²) in [5.41, 5.74) is 1.89. The summed E-state index contributed by atoms with van der Waals surface area (Å²) in [5, 5.41) is 17.5. The van der Waals surface area contributed by atoms with Crippen LogP contribution in [-0.4, -0.2) is 16.0 Å². The average molecular weight is 329 g/mol. The maximum absolute atomic E-state index is 12.2. The summed E-state index contributed by atoms with van der Waals surface area (Å²) < 4.78 is 5.20. The smallest absolute Gasteiger partial charge is 0.269 e. The SMILES string of the molecule is CC(C)c1cc(CNC(=O)[C@@H]2C[C@H]2c2ccc([N+](=O)[O-])cc2)on1. The first-order chi connectivity index (χ1) is 11.5. The number of rotatable bonds is 6. The van der Waals surface area contributed by atoms with Crippen molar-refractivity contribution in [1.82, 2.24) is 10.5 Å². The fourth-order valence-electron chi connectivity index (χ4n) is 2.69. The Morgan fingerprint density at radius 1 is 1.42 bits per heavy atom. The molecule has 3 rings (SSSR count). The van der Waals surface area contributed by atoms with Gasteiger partial charge in [-0.05, 0) is 23.8 Å². The highest BCUT2D eigenvalue weighted by Crippen LogP contribution is 2.47. The van der Waals surface area contributed by atoms with Crippen LogP contribution in [0.4, 0.5) is 5.69 Å². The Morgan fingerprint density at radius 2 is 2.12 bits per heavy atom. The van der Waals surface area contributed by atoms with Gasteiger partial charge in [0.2, 0.25) is 5.91 Å². The molecule has 0 aliphatic heterocycles. The first-order valence-electron chi connectivity index (χ1n) is 7.93. The Balaban J connectivity index is 1.52. The van der Waals surface area contributed by atoms with Crippen LogP contribution >= 0.6 is 0 Å². The number of nitro groups is 1. The summed E-state index contributed by atoms with van der Waals surface area (Å²) in [6.45, 7) is 4.38. The van der Waals surface area contributed by atoms with Gasteiger partial charge in [0, 0.05) is 24.1 Å². The molecule has 1 aromatic heterocycles. The van der Waals surface area contributed by atoms with Crippen molar-refractivity contribution in [1.29, 1.82) is 0 Å². The van der Waals surface area contributed by atoms with E-state index in [1.807, 2.05) is 19.9 Å². The molecule has 0 spiro atoms. The molecule has 0 bridgehead atoms. The van der Waals surface area contributed by atoms with Crippen LogP contribution in [0.3, 0.4) is 0 Å². The zero-order chi connectivity index (χ0) is 17.3. The number of aromatic nitrogens is 1. The third-order valence-corrected chi connectivity index (χ3v) is 4.26. The molecule has 1 aliphatic rings. The highest BCUT2D eigenvalue weighted by molar-refractivity contribution is 5.82. The number of nitro benzene ring substituents is 1.